The first-order chi connectivity index (χ1) is 12.8. The SMILES string of the molecule is Cc1cc(C)c(CNC(=O)c2cc(Cl)cc(NC3CCNC3)c2C)c(=O)[nH]1. The van der Waals surface area contributed by atoms with Gasteiger partial charge in [0.2, 0.25) is 0 Å². The number of carbonyl (C=O) groups is 1. The summed E-state index contributed by atoms with van der Waals surface area (Å²) in [7, 11) is 0. The molecule has 0 aliphatic carbocycles. The van der Waals surface area contributed by atoms with Crippen molar-refractivity contribution in [3.8, 4) is 0 Å². The maximum absolute atomic E-state index is 12.7. The number of hydrogen-bond acceptors (Lipinski definition) is 4. The fourth-order valence-electron chi connectivity index (χ4n) is 3.43. The summed E-state index contributed by atoms with van der Waals surface area (Å²) < 4.78 is 0. The van der Waals surface area contributed by atoms with Crippen molar-refractivity contribution in [2.45, 2.75) is 39.8 Å². The van der Waals surface area contributed by atoms with E-state index in [9.17, 15) is 9.59 Å². The summed E-state index contributed by atoms with van der Waals surface area (Å²) >= 11 is 6.25. The highest BCUT2D eigenvalue weighted by atomic mass is 35.5. The van der Waals surface area contributed by atoms with Crippen molar-refractivity contribution < 1.29 is 4.79 Å². The van der Waals surface area contributed by atoms with Crippen LogP contribution in [-0.2, 0) is 6.54 Å². The first-order valence-corrected chi connectivity index (χ1v) is 9.48. The van der Waals surface area contributed by atoms with Crippen molar-refractivity contribution in [2.24, 2.45) is 0 Å². The Morgan fingerprint density at radius 3 is 2.70 bits per heavy atom. The zero-order valence-corrected chi connectivity index (χ0v) is 16.6. The number of halogens is 1. The molecule has 6 nitrogen and oxygen atoms in total. The normalized spacial score (nSPS) is 16.4. The van der Waals surface area contributed by atoms with Crippen molar-refractivity contribution in [1.82, 2.24) is 15.6 Å². The minimum absolute atomic E-state index is 0.168. The molecule has 1 amide bonds. The Kier molecular flexibility index (Phi) is 5.87. The van der Waals surface area contributed by atoms with E-state index in [4.69, 9.17) is 11.6 Å². The summed E-state index contributed by atoms with van der Waals surface area (Å²) in [5, 5.41) is 10.1. The molecule has 0 saturated carbocycles. The first-order valence-electron chi connectivity index (χ1n) is 9.10. The van der Waals surface area contributed by atoms with E-state index in [1.807, 2.05) is 32.9 Å². The van der Waals surface area contributed by atoms with Crippen LogP contribution >= 0.6 is 11.6 Å². The predicted molar refractivity (Wildman–Crippen MR) is 109 cm³/mol. The van der Waals surface area contributed by atoms with Gasteiger partial charge < -0.3 is 20.9 Å². The van der Waals surface area contributed by atoms with Crippen molar-refractivity contribution in [2.75, 3.05) is 18.4 Å². The van der Waals surface area contributed by atoms with Gasteiger partial charge in [0.1, 0.15) is 0 Å². The number of anilines is 1. The van der Waals surface area contributed by atoms with Crippen LogP contribution in [0.15, 0.2) is 23.0 Å². The first kappa shape index (κ1) is 19.5. The lowest BCUT2D eigenvalue weighted by molar-refractivity contribution is 0.0950. The van der Waals surface area contributed by atoms with Crippen LogP contribution in [0.25, 0.3) is 0 Å². The van der Waals surface area contributed by atoms with Crippen LogP contribution < -0.4 is 21.5 Å². The van der Waals surface area contributed by atoms with E-state index in [0.717, 1.165) is 42.0 Å². The summed E-state index contributed by atoms with van der Waals surface area (Å²) in [5.41, 5.74) is 4.27. The second kappa shape index (κ2) is 8.15. The molecule has 1 aromatic heterocycles. The number of rotatable bonds is 5. The van der Waals surface area contributed by atoms with Crippen molar-refractivity contribution in [3.05, 3.63) is 61.5 Å². The number of aromatic nitrogens is 1. The highest BCUT2D eigenvalue weighted by molar-refractivity contribution is 6.31. The Bertz CT molecular complexity index is 917. The van der Waals surface area contributed by atoms with Crippen LogP contribution in [0.3, 0.4) is 0 Å². The maximum atomic E-state index is 12.7. The molecule has 1 aliphatic rings. The predicted octanol–water partition coefficient (Wildman–Crippen LogP) is 2.66. The monoisotopic (exact) mass is 388 g/mol. The van der Waals surface area contributed by atoms with Gasteiger partial charge in [-0.25, -0.2) is 0 Å². The van der Waals surface area contributed by atoms with Crippen LogP contribution in [0.1, 0.15) is 39.2 Å². The highest BCUT2D eigenvalue weighted by Crippen LogP contribution is 2.26. The molecule has 1 saturated heterocycles. The second-order valence-corrected chi connectivity index (χ2v) is 7.52. The second-order valence-electron chi connectivity index (χ2n) is 7.09. The number of amides is 1. The van der Waals surface area contributed by atoms with Crippen LogP contribution in [0.5, 0.6) is 0 Å². The van der Waals surface area contributed by atoms with Gasteiger partial charge in [-0.05, 0) is 63.1 Å². The summed E-state index contributed by atoms with van der Waals surface area (Å²) in [4.78, 5) is 27.7. The Morgan fingerprint density at radius 1 is 1.26 bits per heavy atom. The molecule has 1 unspecified atom stereocenters. The van der Waals surface area contributed by atoms with Gasteiger partial charge in [-0.3, -0.25) is 9.59 Å². The van der Waals surface area contributed by atoms with Crippen LogP contribution in [0, 0.1) is 20.8 Å². The van der Waals surface area contributed by atoms with Gasteiger partial charge in [0, 0.05) is 46.7 Å². The highest BCUT2D eigenvalue weighted by Gasteiger charge is 2.19. The zero-order valence-electron chi connectivity index (χ0n) is 15.8. The number of aromatic amines is 1. The van der Waals surface area contributed by atoms with Gasteiger partial charge in [0.05, 0.1) is 0 Å². The third-order valence-corrected chi connectivity index (χ3v) is 5.17. The molecular weight excluding hydrogens is 364 g/mol. The Morgan fingerprint density at radius 2 is 2.04 bits per heavy atom. The summed E-state index contributed by atoms with van der Waals surface area (Å²) in [5.74, 6) is -0.248. The Hall–Kier alpha value is -2.31. The fourth-order valence-corrected chi connectivity index (χ4v) is 3.65. The van der Waals surface area contributed by atoms with E-state index >= 15 is 0 Å². The van der Waals surface area contributed by atoms with Crippen molar-refractivity contribution in [3.63, 3.8) is 0 Å². The van der Waals surface area contributed by atoms with E-state index in [0.29, 0.717) is 22.2 Å². The van der Waals surface area contributed by atoms with E-state index in [2.05, 4.69) is 20.9 Å². The average Bonchev–Trinajstić information content (AvgIpc) is 3.09. The third-order valence-electron chi connectivity index (χ3n) is 4.96. The van der Waals surface area contributed by atoms with Gasteiger partial charge in [0.25, 0.3) is 11.5 Å². The van der Waals surface area contributed by atoms with E-state index < -0.39 is 0 Å². The van der Waals surface area contributed by atoms with Crippen molar-refractivity contribution >= 4 is 23.2 Å². The lowest BCUT2D eigenvalue weighted by Crippen LogP contribution is -2.29. The van der Waals surface area contributed by atoms with Crippen LogP contribution in [0.4, 0.5) is 5.69 Å². The molecule has 1 fully saturated rings. The zero-order chi connectivity index (χ0) is 19.6. The molecule has 144 valence electrons. The summed E-state index contributed by atoms with van der Waals surface area (Å²) in [6.07, 6.45) is 1.03. The average molecular weight is 389 g/mol. The van der Waals surface area contributed by atoms with Crippen LogP contribution in [-0.4, -0.2) is 30.0 Å². The number of H-pyrrole nitrogens is 1. The molecule has 4 N–H and O–H groups in total. The minimum Gasteiger partial charge on any atom is -0.381 e. The largest absolute Gasteiger partial charge is 0.381 e. The fraction of sp³-hybridized carbons (Fsp3) is 0.400. The topological polar surface area (TPSA) is 86.0 Å². The molecular formula is C20H25ClN4O2. The lowest BCUT2D eigenvalue weighted by Gasteiger charge is -2.18. The molecule has 7 heteroatoms. The Balaban J connectivity index is 1.78. The summed E-state index contributed by atoms with van der Waals surface area (Å²) in [6.45, 7) is 7.64. The quantitative estimate of drug-likeness (QED) is 0.634. The smallest absolute Gasteiger partial charge is 0.253 e. The number of aryl methyl sites for hydroxylation is 2. The molecule has 0 spiro atoms. The van der Waals surface area contributed by atoms with Crippen molar-refractivity contribution in [1.29, 1.82) is 0 Å². The van der Waals surface area contributed by atoms with E-state index in [1.54, 1.807) is 6.07 Å². The maximum Gasteiger partial charge on any atom is 0.253 e. The molecule has 0 radical (unpaired) electrons. The third kappa shape index (κ3) is 4.51. The Labute approximate surface area is 163 Å². The lowest BCUT2D eigenvalue weighted by atomic mass is 10.0. The minimum atomic E-state index is -0.248. The van der Waals surface area contributed by atoms with Gasteiger partial charge in [-0.1, -0.05) is 11.6 Å². The standard InChI is InChI=1S/C20H25ClN4O2/c1-11-6-12(2)24-20(27)17(11)10-23-19(26)16-7-14(21)8-18(13(16)3)25-15-4-5-22-9-15/h6-8,15,22,25H,4-5,9-10H2,1-3H3,(H,23,26)(H,24,27). The van der Waals surface area contributed by atoms with Gasteiger partial charge in [-0.15, -0.1) is 0 Å². The molecule has 2 aromatic rings. The van der Waals surface area contributed by atoms with Gasteiger partial charge >= 0.3 is 0 Å². The molecule has 1 aromatic carbocycles. The number of carbonyl (C=O) groups excluding carboxylic acids is 1. The number of benzene rings is 1. The van der Waals surface area contributed by atoms with Crippen LogP contribution in [0.2, 0.25) is 5.02 Å². The van der Waals surface area contributed by atoms with E-state index in [1.165, 1.54) is 0 Å². The van der Waals surface area contributed by atoms with Gasteiger partial charge in [0.15, 0.2) is 0 Å². The summed E-state index contributed by atoms with van der Waals surface area (Å²) in [6, 6.07) is 5.73. The molecule has 2 heterocycles. The molecule has 3 rings (SSSR count). The number of nitrogens with one attached hydrogen (secondary N) is 4. The molecule has 1 atom stereocenters. The number of pyridine rings is 1. The molecule has 1 aliphatic heterocycles. The molecule has 27 heavy (non-hydrogen) atoms. The van der Waals surface area contributed by atoms with E-state index in [-0.39, 0.29) is 18.0 Å². The van der Waals surface area contributed by atoms with Gasteiger partial charge in [-0.2, -0.15) is 0 Å². The number of hydrogen-bond donors (Lipinski definition) is 4. The molecule has 0 bridgehead atoms.